The molecule has 0 fully saturated rings. The summed E-state index contributed by atoms with van der Waals surface area (Å²) in [7, 11) is 3.38. The van der Waals surface area contributed by atoms with Gasteiger partial charge in [-0.15, -0.1) is 0 Å². The largest absolute Gasteiger partial charge is 0.354 e. The summed E-state index contributed by atoms with van der Waals surface area (Å²) >= 11 is 0. The van der Waals surface area contributed by atoms with E-state index in [4.69, 9.17) is 9.47 Å². The zero-order chi connectivity index (χ0) is 15.1. The Hall–Kier alpha value is -1.42. The van der Waals surface area contributed by atoms with Crippen molar-refractivity contribution in [3.05, 3.63) is 48.0 Å². The van der Waals surface area contributed by atoms with Gasteiger partial charge in [0.25, 0.3) is 0 Å². The molecular formula is C18H25NO2. The fourth-order valence-corrected chi connectivity index (χ4v) is 2.73. The molecule has 0 aromatic heterocycles. The van der Waals surface area contributed by atoms with Gasteiger partial charge in [0.2, 0.25) is 0 Å². The predicted octanol–water partition coefficient (Wildman–Crippen LogP) is 3.37. The van der Waals surface area contributed by atoms with E-state index < -0.39 is 0 Å². The molecule has 114 valence electrons. The van der Waals surface area contributed by atoms with Gasteiger partial charge in [0.15, 0.2) is 6.29 Å². The van der Waals surface area contributed by atoms with Crippen molar-refractivity contribution in [3.8, 4) is 0 Å². The van der Waals surface area contributed by atoms with E-state index in [9.17, 15) is 0 Å². The third-order valence-corrected chi connectivity index (χ3v) is 3.77. The van der Waals surface area contributed by atoms with Crippen LogP contribution in [0.15, 0.2) is 42.5 Å². The molecule has 1 unspecified atom stereocenters. The van der Waals surface area contributed by atoms with E-state index in [0.29, 0.717) is 0 Å². The molecule has 0 bridgehead atoms. The van der Waals surface area contributed by atoms with Crippen molar-refractivity contribution in [1.82, 2.24) is 5.32 Å². The topological polar surface area (TPSA) is 30.5 Å². The number of rotatable bonds is 8. The van der Waals surface area contributed by atoms with Gasteiger partial charge in [-0.05, 0) is 35.7 Å². The maximum absolute atomic E-state index is 5.46. The molecule has 3 heteroatoms. The molecule has 0 heterocycles. The number of hydrogen-bond donors (Lipinski definition) is 1. The van der Waals surface area contributed by atoms with Gasteiger partial charge in [-0.25, -0.2) is 0 Å². The van der Waals surface area contributed by atoms with Gasteiger partial charge >= 0.3 is 0 Å². The standard InChI is InChI=1S/C18H25NO2/c1-4-12-19-17(18(20-2)21-3)13-15-10-7-9-14-8-5-6-11-16(14)15/h5-11,17-19H,4,12-13H2,1-3H3. The second-order valence-electron chi connectivity index (χ2n) is 5.24. The molecule has 1 atom stereocenters. The van der Waals surface area contributed by atoms with Crippen molar-refractivity contribution in [2.24, 2.45) is 0 Å². The molecule has 0 aliphatic heterocycles. The van der Waals surface area contributed by atoms with Crippen LogP contribution in [0.3, 0.4) is 0 Å². The Morgan fingerprint density at radius 1 is 1.00 bits per heavy atom. The average molecular weight is 287 g/mol. The Kier molecular flexibility index (Phi) is 6.18. The second kappa shape index (κ2) is 8.13. The van der Waals surface area contributed by atoms with Crippen LogP contribution in [0.5, 0.6) is 0 Å². The van der Waals surface area contributed by atoms with Crippen molar-refractivity contribution in [2.75, 3.05) is 20.8 Å². The minimum absolute atomic E-state index is 0.144. The molecule has 2 rings (SSSR count). The van der Waals surface area contributed by atoms with E-state index in [1.165, 1.54) is 16.3 Å². The summed E-state index contributed by atoms with van der Waals surface area (Å²) in [6, 6.07) is 15.1. The molecule has 0 aliphatic carbocycles. The smallest absolute Gasteiger partial charge is 0.172 e. The zero-order valence-corrected chi connectivity index (χ0v) is 13.1. The van der Waals surface area contributed by atoms with Crippen molar-refractivity contribution in [2.45, 2.75) is 32.1 Å². The van der Waals surface area contributed by atoms with Crippen LogP contribution in [0.2, 0.25) is 0 Å². The number of ether oxygens (including phenoxy) is 2. The molecular weight excluding hydrogens is 262 g/mol. The van der Waals surface area contributed by atoms with Gasteiger partial charge < -0.3 is 14.8 Å². The second-order valence-corrected chi connectivity index (χ2v) is 5.24. The maximum Gasteiger partial charge on any atom is 0.172 e. The molecule has 21 heavy (non-hydrogen) atoms. The first kappa shape index (κ1) is 16.0. The highest BCUT2D eigenvalue weighted by atomic mass is 16.7. The lowest BCUT2D eigenvalue weighted by atomic mass is 9.98. The molecule has 0 spiro atoms. The Bertz CT molecular complexity index is 546. The third kappa shape index (κ3) is 4.03. The van der Waals surface area contributed by atoms with Crippen molar-refractivity contribution < 1.29 is 9.47 Å². The minimum Gasteiger partial charge on any atom is -0.354 e. The quantitative estimate of drug-likeness (QED) is 0.755. The maximum atomic E-state index is 5.46. The fourth-order valence-electron chi connectivity index (χ4n) is 2.73. The SMILES string of the molecule is CCCNC(Cc1cccc2ccccc12)C(OC)OC. The molecule has 2 aromatic rings. The van der Waals surface area contributed by atoms with Gasteiger partial charge in [-0.1, -0.05) is 49.4 Å². The van der Waals surface area contributed by atoms with Crippen molar-refractivity contribution >= 4 is 10.8 Å². The highest BCUT2D eigenvalue weighted by Gasteiger charge is 2.21. The summed E-state index contributed by atoms with van der Waals surface area (Å²) in [5.74, 6) is 0. The Morgan fingerprint density at radius 2 is 1.71 bits per heavy atom. The first-order chi connectivity index (χ1) is 10.3. The van der Waals surface area contributed by atoms with Crippen molar-refractivity contribution in [3.63, 3.8) is 0 Å². The summed E-state index contributed by atoms with van der Waals surface area (Å²) in [5.41, 5.74) is 1.32. The van der Waals surface area contributed by atoms with Crippen LogP contribution >= 0.6 is 0 Å². The van der Waals surface area contributed by atoms with Crippen LogP contribution < -0.4 is 5.32 Å². The van der Waals surface area contributed by atoms with Crippen molar-refractivity contribution in [1.29, 1.82) is 0 Å². The number of fused-ring (bicyclic) bond motifs is 1. The Balaban J connectivity index is 2.25. The van der Waals surface area contributed by atoms with Crippen LogP contribution in [0.1, 0.15) is 18.9 Å². The number of hydrogen-bond acceptors (Lipinski definition) is 3. The minimum atomic E-state index is -0.240. The van der Waals surface area contributed by atoms with Crippen LogP contribution in [0.4, 0.5) is 0 Å². The lowest BCUT2D eigenvalue weighted by Gasteiger charge is -2.26. The van der Waals surface area contributed by atoms with Gasteiger partial charge in [-0.2, -0.15) is 0 Å². The Labute approximate surface area is 127 Å². The number of methoxy groups -OCH3 is 2. The fraction of sp³-hybridized carbons (Fsp3) is 0.444. The van der Waals surface area contributed by atoms with Crippen LogP contribution in [0, 0.1) is 0 Å². The highest BCUT2D eigenvalue weighted by molar-refractivity contribution is 5.85. The van der Waals surface area contributed by atoms with Gasteiger partial charge in [-0.3, -0.25) is 0 Å². The third-order valence-electron chi connectivity index (χ3n) is 3.77. The molecule has 0 aliphatic rings. The van der Waals surface area contributed by atoms with Gasteiger partial charge in [0.05, 0.1) is 6.04 Å². The van der Waals surface area contributed by atoms with E-state index >= 15 is 0 Å². The van der Waals surface area contributed by atoms with Crippen LogP contribution in [0.25, 0.3) is 10.8 Å². The normalized spacial score (nSPS) is 13.0. The molecule has 1 N–H and O–H groups in total. The first-order valence-corrected chi connectivity index (χ1v) is 7.55. The van der Waals surface area contributed by atoms with Gasteiger partial charge in [0, 0.05) is 14.2 Å². The highest BCUT2D eigenvalue weighted by Crippen LogP contribution is 2.21. The molecule has 0 amide bonds. The molecule has 0 saturated carbocycles. The van der Waals surface area contributed by atoms with E-state index in [1.807, 2.05) is 0 Å². The van der Waals surface area contributed by atoms with Crippen LogP contribution in [-0.4, -0.2) is 33.1 Å². The molecule has 3 nitrogen and oxygen atoms in total. The van der Waals surface area contributed by atoms with Crippen LogP contribution in [-0.2, 0) is 15.9 Å². The van der Waals surface area contributed by atoms with E-state index in [0.717, 1.165) is 19.4 Å². The Morgan fingerprint density at radius 3 is 2.43 bits per heavy atom. The lowest BCUT2D eigenvalue weighted by molar-refractivity contribution is -0.122. The monoisotopic (exact) mass is 287 g/mol. The van der Waals surface area contributed by atoms with E-state index in [-0.39, 0.29) is 12.3 Å². The lowest BCUT2D eigenvalue weighted by Crippen LogP contribution is -2.44. The average Bonchev–Trinajstić information content (AvgIpc) is 2.53. The molecule has 2 aromatic carbocycles. The van der Waals surface area contributed by atoms with Gasteiger partial charge in [0.1, 0.15) is 0 Å². The summed E-state index contributed by atoms with van der Waals surface area (Å²) in [4.78, 5) is 0. The molecule has 0 saturated heterocycles. The predicted molar refractivity (Wildman–Crippen MR) is 87.5 cm³/mol. The zero-order valence-electron chi connectivity index (χ0n) is 13.1. The van der Waals surface area contributed by atoms with E-state index in [1.54, 1.807) is 14.2 Å². The summed E-state index contributed by atoms with van der Waals surface area (Å²) in [5, 5.41) is 6.11. The summed E-state index contributed by atoms with van der Waals surface area (Å²) in [6.45, 7) is 3.12. The molecule has 0 radical (unpaired) electrons. The van der Waals surface area contributed by atoms with E-state index in [2.05, 4.69) is 54.7 Å². The summed E-state index contributed by atoms with van der Waals surface area (Å²) in [6.07, 6.45) is 1.73. The first-order valence-electron chi connectivity index (χ1n) is 7.55. The number of nitrogens with one attached hydrogen (secondary N) is 1. The number of benzene rings is 2. The summed E-state index contributed by atoms with van der Waals surface area (Å²) < 4.78 is 10.9.